The minimum absolute atomic E-state index is 0.0133. The van der Waals surface area contributed by atoms with Crippen molar-refractivity contribution < 1.29 is 156 Å². The van der Waals surface area contributed by atoms with E-state index in [0.717, 1.165) is 60.9 Å². The summed E-state index contributed by atoms with van der Waals surface area (Å²) in [6.07, 6.45) is 2.81. The molecule has 2 aliphatic rings. The number of rotatable bonds is 25. The summed E-state index contributed by atoms with van der Waals surface area (Å²) in [6.45, 7) is 21.1. The Balaban J connectivity index is 0.000000522. The zero-order valence-corrected chi connectivity index (χ0v) is 80.5. The Bertz CT molecular complexity index is 6120. The molecule has 2 aliphatic heterocycles. The van der Waals surface area contributed by atoms with Crippen LogP contribution in [-0.2, 0) is 140 Å². The molecule has 42 heteroatoms. The number of fused-ring (bicyclic) bond motifs is 4. The number of methoxy groups -OCH3 is 2. The van der Waals surface area contributed by atoms with Crippen LogP contribution >= 0.6 is 15.9 Å². The van der Waals surface area contributed by atoms with Crippen molar-refractivity contribution in [3.05, 3.63) is 249 Å². The first-order valence-electron chi connectivity index (χ1n) is 39.8. The maximum absolute atomic E-state index is 12.0. The molecule has 5 atom stereocenters. The third kappa shape index (κ3) is 39.7. The molecule has 9 aromatic carbocycles. The number of ketones is 4. The largest absolute Gasteiger partial charge is 0.478 e. The van der Waals surface area contributed by atoms with Crippen LogP contribution in [0.15, 0.2) is 198 Å². The number of halogens is 1. The van der Waals surface area contributed by atoms with Crippen LogP contribution in [0, 0.1) is 23.2 Å². The number of anilines is 1. The average Bonchev–Trinajstić information content (AvgIpc) is 1.59. The second-order valence-corrected chi connectivity index (χ2v) is 35.5. The summed E-state index contributed by atoms with van der Waals surface area (Å²) in [5.41, 5.74) is 11.0. The van der Waals surface area contributed by atoms with Crippen LogP contribution in [0.2, 0.25) is 0 Å². The standard InChI is InChI=1S/C22H19NO5S.C16H20O5.2C12H14O3.C10H10N2O3S.C9H9BrO2.C7H12O3.C3H6O3S.2O3S/c1-13-22(2,12-14-3-5-16(6-4-14)21(24)25)20-18-11-17(29(26,27)28)9-7-15(18)8-10-19(20)23-13;1-5-21-15(19)16(3,11(2)17)10-12-6-8-13(9-7-12)14(18)20-4;2*1-8(9(2)13)7-10-3-5-11(6-4-10)12(14)15;11-12-8-4-5-9-7(6-8)2-1-3-10(9)16(13,14)15;1-12-9(11)8-4-2-7(6-10)3-5-8;1-4-10-7(9)5(2)6(3)8;4-7(5)3-1-2-6-7;2*1-4(2)3/h3-11H,12H2,1-2H3,(H,24,25)(H,26,27,28);6-9H,5,10H2,1-4H3;2*3-6,8H,7H2,1-2H3,(H,14,15);1-6,12H,11H2,(H,13,14,15);2-5H,6H2,1H3;5H,4H2,1-3H3;1-3H2;;/p+1. The topological polar surface area (TPSA) is 592 Å². The van der Waals surface area contributed by atoms with Gasteiger partial charge < -0.3 is 39.7 Å². The third-order valence-electron chi connectivity index (χ3n) is 19.9. The number of hydrogen-bond acceptors (Lipinski definition) is 30. The van der Waals surface area contributed by atoms with E-state index >= 15 is 0 Å². The molecule has 718 valence electrons. The van der Waals surface area contributed by atoms with E-state index in [9.17, 15) is 82.5 Å². The van der Waals surface area contributed by atoms with Gasteiger partial charge in [0.05, 0.1) is 77.9 Å². The monoisotopic (exact) mass is 2010 g/mol. The molecule has 5 unspecified atom stereocenters. The van der Waals surface area contributed by atoms with Crippen LogP contribution in [0.4, 0.5) is 11.4 Å². The van der Waals surface area contributed by atoms with Crippen LogP contribution in [0.5, 0.6) is 0 Å². The second kappa shape index (κ2) is 55.6. The highest BCUT2D eigenvalue weighted by molar-refractivity contribution is 9.08. The van der Waals surface area contributed by atoms with Gasteiger partial charge in [-0.05, 0) is 235 Å². The number of aromatic carboxylic acids is 3. The van der Waals surface area contributed by atoms with Crippen molar-refractivity contribution in [3.63, 3.8) is 0 Å². The predicted octanol–water partition coefficient (Wildman–Crippen LogP) is 11.2. The van der Waals surface area contributed by atoms with Gasteiger partial charge in [-0.3, -0.25) is 47.9 Å². The van der Waals surface area contributed by atoms with Gasteiger partial charge in [0.15, 0.2) is 5.71 Å². The van der Waals surface area contributed by atoms with Crippen LogP contribution in [0.3, 0.4) is 0 Å². The molecule has 0 aromatic heterocycles. The van der Waals surface area contributed by atoms with Gasteiger partial charge in [0.25, 0.3) is 30.4 Å². The third-order valence-corrected chi connectivity index (χ3v) is 23.6. The van der Waals surface area contributed by atoms with Crippen molar-refractivity contribution in [1.82, 2.24) is 0 Å². The van der Waals surface area contributed by atoms with E-state index in [2.05, 4.69) is 51.7 Å². The van der Waals surface area contributed by atoms with E-state index < -0.39 is 104 Å². The highest BCUT2D eigenvalue weighted by Gasteiger charge is 2.45. The molecule has 11 rings (SSSR count). The summed E-state index contributed by atoms with van der Waals surface area (Å²) in [5.74, 6) is 0.183. The van der Waals surface area contributed by atoms with Gasteiger partial charge in [0, 0.05) is 46.8 Å². The summed E-state index contributed by atoms with van der Waals surface area (Å²) >= 11 is 3.32. The number of Topliss-reactive ketones (excluding diaryl/α,β-unsaturated/α-hetero) is 4. The Kier molecular flexibility index (Phi) is 48.7. The number of alkyl halides is 1. The Hall–Kier alpha value is -12.7. The predicted molar refractivity (Wildman–Crippen MR) is 493 cm³/mol. The van der Waals surface area contributed by atoms with E-state index in [1.165, 1.54) is 46.3 Å². The summed E-state index contributed by atoms with van der Waals surface area (Å²) in [4.78, 5) is 125. The fraction of sp³-hybridized carbons (Fsp3) is 0.319. The molecule has 0 spiro atoms. The maximum atomic E-state index is 12.0. The number of nitrogens with two attached hydrogens (primary N) is 1. The van der Waals surface area contributed by atoms with Gasteiger partial charge in [-0.15, -0.1) is 25.3 Å². The van der Waals surface area contributed by atoms with Crippen molar-refractivity contribution in [2.75, 3.05) is 45.2 Å². The number of esters is 4. The summed E-state index contributed by atoms with van der Waals surface area (Å²) < 4.78 is 158. The zero-order chi connectivity index (χ0) is 101. The molecule has 0 amide bonds. The number of carboxylic acids is 3. The molecular formula is C91H105BrN3O33S5+. The number of carbonyl (C=O) groups excluding carboxylic acids is 8. The van der Waals surface area contributed by atoms with Crippen molar-refractivity contribution in [2.45, 2.75) is 136 Å². The van der Waals surface area contributed by atoms with Gasteiger partial charge in [0.1, 0.15) is 39.4 Å². The molecule has 0 bridgehead atoms. The van der Waals surface area contributed by atoms with E-state index in [4.69, 9.17) is 55.7 Å². The normalized spacial score (nSPS) is 13.9. The van der Waals surface area contributed by atoms with E-state index in [1.54, 1.807) is 187 Å². The van der Waals surface area contributed by atoms with Gasteiger partial charge in [-0.2, -0.15) is 25.3 Å². The number of hydrazine groups is 1. The highest BCUT2D eigenvalue weighted by Crippen LogP contribution is 2.41. The fourth-order valence-electron chi connectivity index (χ4n) is 11.9. The smallest absolute Gasteiger partial charge is 0.425 e. The Morgan fingerprint density at radius 3 is 1.33 bits per heavy atom. The summed E-state index contributed by atoms with van der Waals surface area (Å²) in [6, 6.07) is 52.0. The van der Waals surface area contributed by atoms with Gasteiger partial charge in [-0.25, -0.2) is 29.0 Å². The quantitative estimate of drug-likeness (QED) is 0.00385. The second-order valence-electron chi connectivity index (χ2n) is 29.6. The SMILES string of the molecule is CC(=O)C(C)Cc1ccc(C(=O)O)cc1.CC(=O)C(C)Cc1ccc(C(=O)O)cc1.CC1=[NH+]c2ccc3ccc(S(=O)(=O)O)cc3c2C1(C)Cc1ccc(C(=O)O)cc1.CCOC(=O)C(C)(Cc1ccc(C(=O)OC)cc1)C(C)=O.CCOC(=O)C(C)C(C)=O.COC(=O)c1ccc(CBr)cc1.NNc1ccc2c(S(=O)(=O)O)cccc2c1.O=S(=O)=O.O=S(=O)=O.O=S1(=O)CCCO1. The van der Waals surface area contributed by atoms with Crippen molar-refractivity contribution >= 4 is 171 Å². The molecular weight excluding hydrogens is 1900 g/mol. The first kappa shape index (κ1) is 116. The van der Waals surface area contributed by atoms with Crippen molar-refractivity contribution in [2.24, 2.45) is 29.0 Å². The molecule has 0 radical (unpaired) electrons. The molecule has 2 heterocycles. The minimum atomic E-state index is -4.32. The maximum Gasteiger partial charge on any atom is 0.425 e. The minimum Gasteiger partial charge on any atom is -0.478 e. The molecule has 1 saturated heterocycles. The number of carbonyl (C=O) groups is 11. The first-order valence-corrected chi connectivity index (χ1v) is 47.4. The van der Waals surface area contributed by atoms with Gasteiger partial charge >= 0.3 is 63.0 Å². The summed E-state index contributed by atoms with van der Waals surface area (Å²) in [7, 11) is -15.1. The average molecular weight is 2010 g/mol. The van der Waals surface area contributed by atoms with E-state index in [-0.39, 0.29) is 86.2 Å². The van der Waals surface area contributed by atoms with Crippen LogP contribution in [0.1, 0.15) is 175 Å². The number of benzene rings is 9. The number of nitrogen functional groups attached to an aromatic ring is 1. The summed E-state index contributed by atoms with van der Waals surface area (Å²) in [5, 5.41) is 30.1. The fourth-order valence-corrected chi connectivity index (χ4v) is 14.4. The molecule has 0 saturated carbocycles. The Morgan fingerprint density at radius 2 is 0.977 bits per heavy atom. The Labute approximate surface area is 780 Å². The van der Waals surface area contributed by atoms with Crippen molar-refractivity contribution in [3.8, 4) is 0 Å². The first-order chi connectivity index (χ1) is 62.0. The number of carboxylic acid groups (broad SMARTS) is 3. The lowest BCUT2D eigenvalue weighted by molar-refractivity contribution is -0.351. The number of hydrogen-bond donors (Lipinski definition) is 8. The molecule has 9 aromatic rings. The molecule has 9 N–H and O–H groups in total. The Morgan fingerprint density at radius 1 is 0.556 bits per heavy atom. The molecule has 0 aliphatic carbocycles. The number of ether oxygens (including phenoxy) is 4. The van der Waals surface area contributed by atoms with Crippen LogP contribution < -0.4 is 16.3 Å². The number of nitrogens with one attached hydrogen (secondary N) is 2. The zero-order valence-electron chi connectivity index (χ0n) is 74.9. The highest BCUT2D eigenvalue weighted by atomic mass is 79.9. The van der Waals surface area contributed by atoms with Crippen molar-refractivity contribution in [1.29, 1.82) is 0 Å². The molecule has 1 fully saturated rings. The van der Waals surface area contributed by atoms with E-state index in [1.807, 2.05) is 45.0 Å². The lowest BCUT2D eigenvalue weighted by Crippen LogP contribution is -2.65. The van der Waals surface area contributed by atoms with Crippen LogP contribution in [-0.4, -0.2) is 185 Å². The van der Waals surface area contributed by atoms with Gasteiger partial charge in [-0.1, -0.05) is 115 Å². The van der Waals surface area contributed by atoms with Gasteiger partial charge in [0.2, 0.25) is 5.69 Å². The molecule has 133 heavy (non-hydrogen) atoms. The lowest BCUT2D eigenvalue weighted by Gasteiger charge is -2.24. The molecule has 36 nitrogen and oxygen atoms in total. The lowest BCUT2D eigenvalue weighted by atomic mass is 9.73. The van der Waals surface area contributed by atoms with E-state index in [0.29, 0.717) is 66.5 Å². The van der Waals surface area contributed by atoms with Crippen LogP contribution in [0.25, 0.3) is 21.5 Å².